The van der Waals surface area contributed by atoms with Crippen molar-refractivity contribution in [3.63, 3.8) is 0 Å². The Hall–Kier alpha value is -8.26. The van der Waals surface area contributed by atoms with Crippen molar-refractivity contribution >= 4 is 38.6 Å². The molecule has 0 N–H and O–H groups in total. The molecular formula is C63H41N. The van der Waals surface area contributed by atoms with E-state index < -0.39 is 5.41 Å². The van der Waals surface area contributed by atoms with E-state index in [2.05, 4.69) is 254 Å². The Labute approximate surface area is 373 Å². The van der Waals surface area contributed by atoms with Crippen LogP contribution in [-0.2, 0) is 5.41 Å². The zero-order valence-electron chi connectivity index (χ0n) is 35.1. The van der Waals surface area contributed by atoms with E-state index in [9.17, 15) is 0 Å². The van der Waals surface area contributed by atoms with Gasteiger partial charge in [0.25, 0.3) is 0 Å². The van der Waals surface area contributed by atoms with Gasteiger partial charge in [0.2, 0.25) is 0 Å². The van der Waals surface area contributed by atoms with E-state index in [-0.39, 0.29) is 0 Å². The number of benzene rings is 11. The van der Waals surface area contributed by atoms with Gasteiger partial charge in [-0.3, -0.25) is 0 Å². The third-order valence-electron chi connectivity index (χ3n) is 13.9. The lowest BCUT2D eigenvalue weighted by Gasteiger charge is -2.32. The largest absolute Gasteiger partial charge is 0.310 e. The second kappa shape index (κ2) is 14.4. The summed E-state index contributed by atoms with van der Waals surface area (Å²) >= 11 is 0. The van der Waals surface area contributed by atoms with Crippen molar-refractivity contribution < 1.29 is 0 Å². The van der Waals surface area contributed by atoms with Crippen LogP contribution in [0, 0.1) is 0 Å². The second-order valence-electron chi connectivity index (χ2n) is 17.2. The molecule has 1 nitrogen and oxygen atoms in total. The Kier molecular flexibility index (Phi) is 8.20. The van der Waals surface area contributed by atoms with Crippen LogP contribution in [0.4, 0.5) is 17.1 Å². The summed E-state index contributed by atoms with van der Waals surface area (Å²) in [6.07, 6.45) is 0. The highest BCUT2D eigenvalue weighted by molar-refractivity contribution is 6.14. The standard InChI is InChI=1S/C63H41N/c1-3-15-42(16-4-1)43-27-29-44(30-28-43)45-31-34-49(35-32-45)64(48-18-5-2-6-19-48)50-36-38-57-56-37-33-47(58-39-46-17-7-8-20-51(46)52-21-9-10-22-53(52)58)40-61(56)63(62(57)41-50)59-25-13-11-23-54(59)55-24-12-14-26-60(55)63/h1-41H. The molecule has 0 unspecified atom stereocenters. The maximum Gasteiger partial charge on any atom is 0.0726 e. The SMILES string of the molecule is c1ccc(-c2ccc(-c3ccc(N(c4ccccc4)c4ccc5c(c4)C4(c6ccccc6-c6ccccc64)c4cc(-c6cc7ccccc7c7ccccc67)ccc4-5)cc3)cc2)cc1. The molecule has 0 saturated carbocycles. The van der Waals surface area contributed by atoms with Gasteiger partial charge in [-0.2, -0.15) is 0 Å². The van der Waals surface area contributed by atoms with Crippen molar-refractivity contribution in [1.29, 1.82) is 0 Å². The van der Waals surface area contributed by atoms with Gasteiger partial charge < -0.3 is 4.90 Å². The summed E-state index contributed by atoms with van der Waals surface area (Å²) in [5.74, 6) is 0. The molecule has 1 spiro atoms. The molecule has 11 aromatic rings. The average molecular weight is 812 g/mol. The van der Waals surface area contributed by atoms with Gasteiger partial charge in [-0.15, -0.1) is 0 Å². The van der Waals surface area contributed by atoms with Gasteiger partial charge in [0, 0.05) is 17.1 Å². The Morgan fingerprint density at radius 3 is 1.34 bits per heavy atom. The molecule has 64 heavy (non-hydrogen) atoms. The van der Waals surface area contributed by atoms with Crippen LogP contribution in [0.15, 0.2) is 249 Å². The van der Waals surface area contributed by atoms with E-state index in [1.54, 1.807) is 0 Å². The minimum atomic E-state index is -0.519. The minimum Gasteiger partial charge on any atom is -0.310 e. The fourth-order valence-electron chi connectivity index (χ4n) is 11.0. The van der Waals surface area contributed by atoms with Crippen molar-refractivity contribution in [2.75, 3.05) is 4.90 Å². The van der Waals surface area contributed by atoms with Crippen molar-refractivity contribution in [3.8, 4) is 55.6 Å². The van der Waals surface area contributed by atoms with Crippen LogP contribution in [0.1, 0.15) is 22.3 Å². The van der Waals surface area contributed by atoms with Crippen molar-refractivity contribution in [1.82, 2.24) is 0 Å². The van der Waals surface area contributed by atoms with Gasteiger partial charge >= 0.3 is 0 Å². The van der Waals surface area contributed by atoms with Crippen LogP contribution >= 0.6 is 0 Å². The molecule has 0 heterocycles. The molecule has 1 heteroatoms. The van der Waals surface area contributed by atoms with Crippen LogP contribution in [-0.4, -0.2) is 0 Å². The summed E-state index contributed by atoms with van der Waals surface area (Å²) < 4.78 is 0. The maximum atomic E-state index is 2.52. The molecule has 0 radical (unpaired) electrons. The van der Waals surface area contributed by atoms with Gasteiger partial charge in [0.15, 0.2) is 0 Å². The Morgan fingerprint density at radius 1 is 0.234 bits per heavy atom. The van der Waals surface area contributed by atoms with Crippen LogP contribution in [0.3, 0.4) is 0 Å². The van der Waals surface area contributed by atoms with Gasteiger partial charge in [-0.1, -0.05) is 200 Å². The number of fused-ring (bicyclic) bond motifs is 13. The molecule has 0 aromatic heterocycles. The monoisotopic (exact) mass is 811 g/mol. The fraction of sp³-hybridized carbons (Fsp3) is 0.0159. The fourth-order valence-corrected chi connectivity index (χ4v) is 11.0. The molecule has 0 aliphatic heterocycles. The number of para-hydroxylation sites is 1. The zero-order chi connectivity index (χ0) is 42.2. The lowest BCUT2D eigenvalue weighted by Crippen LogP contribution is -2.26. The summed E-state index contributed by atoms with van der Waals surface area (Å²) in [5, 5.41) is 5.10. The van der Waals surface area contributed by atoms with Gasteiger partial charge in [-0.25, -0.2) is 0 Å². The molecule has 13 rings (SSSR count). The van der Waals surface area contributed by atoms with E-state index in [0.717, 1.165) is 17.1 Å². The third-order valence-corrected chi connectivity index (χ3v) is 13.9. The zero-order valence-corrected chi connectivity index (χ0v) is 35.1. The van der Waals surface area contributed by atoms with Crippen LogP contribution in [0.2, 0.25) is 0 Å². The molecule has 0 saturated heterocycles. The van der Waals surface area contributed by atoms with Gasteiger partial charge in [-0.05, 0) is 148 Å². The molecule has 298 valence electrons. The molecule has 2 aliphatic carbocycles. The lowest BCUT2D eigenvalue weighted by atomic mass is 9.70. The normalized spacial score (nSPS) is 12.8. The summed E-state index contributed by atoms with van der Waals surface area (Å²) in [6, 6.07) is 92.1. The quantitative estimate of drug-likeness (QED) is 0.151. The molecular weight excluding hydrogens is 771 g/mol. The molecule has 2 aliphatic rings. The first kappa shape index (κ1) is 36.4. The van der Waals surface area contributed by atoms with E-state index >= 15 is 0 Å². The highest BCUT2D eigenvalue weighted by Gasteiger charge is 2.52. The third kappa shape index (κ3) is 5.44. The highest BCUT2D eigenvalue weighted by Crippen LogP contribution is 2.64. The smallest absolute Gasteiger partial charge is 0.0726 e. The Balaban J connectivity index is 0.991. The summed E-state index contributed by atoms with van der Waals surface area (Å²) in [7, 11) is 0. The molecule has 0 fully saturated rings. The average Bonchev–Trinajstić information content (AvgIpc) is 3.84. The number of hydrogen-bond acceptors (Lipinski definition) is 1. The Bertz CT molecular complexity index is 3540. The van der Waals surface area contributed by atoms with Crippen molar-refractivity contribution in [2.24, 2.45) is 0 Å². The summed E-state index contributed by atoms with van der Waals surface area (Å²) in [6.45, 7) is 0. The molecule has 0 amide bonds. The first-order chi connectivity index (χ1) is 31.7. The molecule has 0 bridgehead atoms. The first-order valence-corrected chi connectivity index (χ1v) is 22.2. The van der Waals surface area contributed by atoms with Gasteiger partial charge in [0.05, 0.1) is 5.41 Å². The van der Waals surface area contributed by atoms with Gasteiger partial charge in [0.1, 0.15) is 0 Å². The summed E-state index contributed by atoms with van der Waals surface area (Å²) in [5.41, 5.74) is 20.6. The van der Waals surface area contributed by atoms with E-state index in [1.165, 1.54) is 99.4 Å². The van der Waals surface area contributed by atoms with Crippen LogP contribution < -0.4 is 4.90 Å². The molecule has 0 atom stereocenters. The van der Waals surface area contributed by atoms with E-state index in [4.69, 9.17) is 0 Å². The number of rotatable bonds is 6. The topological polar surface area (TPSA) is 3.24 Å². The number of hydrogen-bond donors (Lipinski definition) is 0. The second-order valence-corrected chi connectivity index (χ2v) is 17.2. The number of nitrogens with zero attached hydrogens (tertiary/aromatic N) is 1. The first-order valence-electron chi connectivity index (χ1n) is 22.2. The Morgan fingerprint density at radius 2 is 0.672 bits per heavy atom. The van der Waals surface area contributed by atoms with E-state index in [1.807, 2.05) is 0 Å². The minimum absolute atomic E-state index is 0.519. The highest BCUT2D eigenvalue weighted by atomic mass is 15.1. The number of anilines is 3. The molecule has 11 aromatic carbocycles. The van der Waals surface area contributed by atoms with E-state index in [0.29, 0.717) is 0 Å². The van der Waals surface area contributed by atoms with Crippen molar-refractivity contribution in [3.05, 3.63) is 271 Å². The predicted octanol–water partition coefficient (Wildman–Crippen LogP) is 16.8. The van der Waals surface area contributed by atoms with Crippen LogP contribution in [0.5, 0.6) is 0 Å². The summed E-state index contributed by atoms with van der Waals surface area (Å²) in [4.78, 5) is 2.42. The predicted molar refractivity (Wildman–Crippen MR) is 269 cm³/mol. The lowest BCUT2D eigenvalue weighted by molar-refractivity contribution is 0.794. The maximum absolute atomic E-state index is 2.52. The van der Waals surface area contributed by atoms with Crippen LogP contribution in [0.25, 0.3) is 77.2 Å². The van der Waals surface area contributed by atoms with Crippen molar-refractivity contribution in [2.45, 2.75) is 5.41 Å².